The second kappa shape index (κ2) is 13.3. The van der Waals surface area contributed by atoms with Crippen molar-refractivity contribution < 1.29 is 47.3 Å². The molecule has 2 aromatic carbocycles. The molecule has 1 N–H and O–H groups in total. The van der Waals surface area contributed by atoms with Crippen LogP contribution in [0, 0.1) is 5.92 Å². The molecule has 184 valence electrons. The highest BCUT2D eigenvalue weighted by molar-refractivity contribution is 7.54. The molecule has 34 heavy (non-hydrogen) atoms. The first-order chi connectivity index (χ1) is 16.2. The van der Waals surface area contributed by atoms with Crippen LogP contribution in [0.1, 0.15) is 26.7 Å². The van der Waals surface area contributed by atoms with Crippen LogP contribution in [-0.2, 0) is 28.4 Å². The first-order valence-electron chi connectivity index (χ1n) is 10.5. The molecule has 0 fully saturated rings. The maximum Gasteiger partial charge on any atom is 0.511 e. The lowest BCUT2D eigenvalue weighted by molar-refractivity contribution is -0.158. The Morgan fingerprint density at radius 3 is 1.88 bits per heavy atom. The number of carboxylic acids is 1. The molecule has 0 saturated heterocycles. The zero-order chi connectivity index (χ0) is 25.0. The van der Waals surface area contributed by atoms with Crippen molar-refractivity contribution in [1.82, 2.24) is 0 Å². The Hall–Kier alpha value is -3.52. The lowest BCUT2D eigenvalue weighted by Crippen LogP contribution is -2.26. The first-order valence-corrected chi connectivity index (χ1v) is 12.2. The number of carboxylic acid groups (broad SMARTS) is 1. The summed E-state index contributed by atoms with van der Waals surface area (Å²) in [5.74, 6) is -2.78. The summed E-state index contributed by atoms with van der Waals surface area (Å²) in [7, 11) is -4.03. The van der Waals surface area contributed by atoms with Gasteiger partial charge in [-0.2, -0.15) is 0 Å². The van der Waals surface area contributed by atoms with E-state index >= 15 is 0 Å². The van der Waals surface area contributed by atoms with Gasteiger partial charge in [-0.25, -0.2) is 9.36 Å². The third-order valence-corrected chi connectivity index (χ3v) is 6.04. The van der Waals surface area contributed by atoms with Crippen LogP contribution >= 0.6 is 7.60 Å². The number of aliphatic carboxylic acids is 1. The molecule has 1 atom stereocenters. The van der Waals surface area contributed by atoms with Gasteiger partial charge < -0.3 is 28.4 Å². The summed E-state index contributed by atoms with van der Waals surface area (Å²) in [6.45, 7) is 2.48. The van der Waals surface area contributed by atoms with Crippen LogP contribution < -0.4 is 9.05 Å². The average molecular weight is 494 g/mol. The molecule has 10 nitrogen and oxygen atoms in total. The minimum absolute atomic E-state index is 0.203. The van der Waals surface area contributed by atoms with E-state index in [0.717, 1.165) is 0 Å². The molecule has 11 heteroatoms. The molecule has 0 aromatic heterocycles. The van der Waals surface area contributed by atoms with Gasteiger partial charge in [-0.3, -0.25) is 9.59 Å². The summed E-state index contributed by atoms with van der Waals surface area (Å²) >= 11 is 0. The quantitative estimate of drug-likeness (QED) is 0.233. The molecule has 0 aliphatic carbocycles. The predicted octanol–water partition coefficient (Wildman–Crippen LogP) is 4.88. The van der Waals surface area contributed by atoms with E-state index in [4.69, 9.17) is 23.6 Å². The van der Waals surface area contributed by atoms with Crippen molar-refractivity contribution in [1.29, 1.82) is 0 Å². The average Bonchev–Trinajstić information content (AvgIpc) is 2.77. The topological polar surface area (TPSA) is 135 Å². The number of benzene rings is 2. The van der Waals surface area contributed by atoms with Crippen LogP contribution in [0.2, 0.25) is 0 Å². The van der Waals surface area contributed by atoms with Crippen LogP contribution in [0.15, 0.2) is 60.7 Å². The van der Waals surface area contributed by atoms with Crippen LogP contribution in [0.4, 0.5) is 4.79 Å². The zero-order valence-electron chi connectivity index (χ0n) is 18.8. The predicted molar refractivity (Wildman–Crippen MR) is 121 cm³/mol. The van der Waals surface area contributed by atoms with E-state index < -0.39 is 57.1 Å². The molecule has 2 aromatic rings. The van der Waals surface area contributed by atoms with Gasteiger partial charge in [-0.05, 0) is 44.5 Å². The largest absolute Gasteiger partial charge is 0.511 e. The van der Waals surface area contributed by atoms with Crippen molar-refractivity contribution in [2.75, 3.05) is 13.0 Å². The lowest BCUT2D eigenvalue weighted by Gasteiger charge is -2.23. The van der Waals surface area contributed by atoms with Gasteiger partial charge in [0, 0.05) is 6.42 Å². The smallest absolute Gasteiger partial charge is 0.481 e. The van der Waals surface area contributed by atoms with Crippen molar-refractivity contribution in [3.63, 3.8) is 0 Å². The highest BCUT2D eigenvalue weighted by Gasteiger charge is 2.37. The van der Waals surface area contributed by atoms with Gasteiger partial charge in [-0.1, -0.05) is 36.4 Å². The van der Waals surface area contributed by atoms with E-state index in [-0.39, 0.29) is 17.9 Å². The summed E-state index contributed by atoms with van der Waals surface area (Å²) in [5.41, 5.74) is 0. The van der Waals surface area contributed by atoms with Crippen LogP contribution in [0.25, 0.3) is 0 Å². The lowest BCUT2D eigenvalue weighted by atomic mass is 10.1. The molecule has 0 bridgehead atoms. The fraction of sp³-hybridized carbons (Fsp3) is 0.348. The molecule has 0 aliphatic rings. The van der Waals surface area contributed by atoms with E-state index in [9.17, 15) is 18.9 Å². The van der Waals surface area contributed by atoms with Gasteiger partial charge in [-0.15, -0.1) is 0 Å². The molecule has 0 amide bonds. The Morgan fingerprint density at radius 1 is 0.882 bits per heavy atom. The van der Waals surface area contributed by atoms with E-state index in [1.165, 1.54) is 0 Å². The van der Waals surface area contributed by atoms with E-state index in [1.807, 2.05) is 0 Å². The van der Waals surface area contributed by atoms with Gasteiger partial charge >= 0.3 is 25.7 Å². The van der Waals surface area contributed by atoms with Crippen molar-refractivity contribution >= 4 is 25.7 Å². The van der Waals surface area contributed by atoms with Gasteiger partial charge in [0.25, 0.3) is 0 Å². The zero-order valence-corrected chi connectivity index (χ0v) is 19.7. The molecule has 0 heterocycles. The van der Waals surface area contributed by atoms with Crippen LogP contribution in [0.5, 0.6) is 11.5 Å². The Balaban J connectivity index is 2.17. The van der Waals surface area contributed by atoms with Gasteiger partial charge in [0.05, 0.1) is 18.2 Å². The second-order valence-electron chi connectivity index (χ2n) is 7.37. The normalized spacial score (nSPS) is 11.9. The molecule has 0 saturated carbocycles. The minimum Gasteiger partial charge on any atom is -0.481 e. The highest BCUT2D eigenvalue weighted by atomic mass is 31.2. The van der Waals surface area contributed by atoms with E-state index in [2.05, 4.69) is 4.74 Å². The number of carbonyl (C=O) groups excluding carboxylic acids is 2. The Kier molecular flexibility index (Phi) is 10.4. The summed E-state index contributed by atoms with van der Waals surface area (Å²) in [5, 5.41) is 9.08. The summed E-state index contributed by atoms with van der Waals surface area (Å²) < 4.78 is 39.4. The maximum absolute atomic E-state index is 13.7. The number of rotatable bonds is 13. The van der Waals surface area contributed by atoms with Crippen molar-refractivity contribution in [2.24, 2.45) is 5.92 Å². The Labute approximate surface area is 197 Å². The molecular weight excluding hydrogens is 467 g/mol. The minimum atomic E-state index is -4.03. The number of esters is 1. The Bertz CT molecular complexity index is 932. The highest BCUT2D eigenvalue weighted by Crippen LogP contribution is 2.50. The van der Waals surface area contributed by atoms with Crippen molar-refractivity contribution in [3.8, 4) is 11.5 Å². The summed E-state index contributed by atoms with van der Waals surface area (Å²) in [6, 6.07) is 16.5. The fourth-order valence-electron chi connectivity index (χ4n) is 2.71. The van der Waals surface area contributed by atoms with Crippen LogP contribution in [0.3, 0.4) is 0 Å². The number of hydrogen-bond donors (Lipinski definition) is 1. The van der Waals surface area contributed by atoms with Gasteiger partial charge in [0.2, 0.25) is 6.79 Å². The van der Waals surface area contributed by atoms with E-state index in [1.54, 1.807) is 74.5 Å². The third kappa shape index (κ3) is 9.95. The SMILES string of the molecule is CC(C)OC(=O)OCOC(=O)C(CCC(=O)O)CP(=O)(Oc1ccccc1)Oc1ccccc1. The van der Waals surface area contributed by atoms with Gasteiger partial charge in [0.1, 0.15) is 11.5 Å². The number of ether oxygens (including phenoxy) is 3. The number of carbonyl (C=O) groups is 3. The molecule has 0 spiro atoms. The Morgan fingerprint density at radius 2 is 1.41 bits per heavy atom. The first kappa shape index (κ1) is 26.7. The molecule has 0 radical (unpaired) electrons. The molecule has 2 rings (SSSR count). The van der Waals surface area contributed by atoms with Crippen LogP contribution in [-0.4, -0.2) is 42.3 Å². The second-order valence-corrected chi connectivity index (χ2v) is 9.33. The monoisotopic (exact) mass is 494 g/mol. The number of hydrogen-bond acceptors (Lipinski definition) is 9. The van der Waals surface area contributed by atoms with Crippen molar-refractivity contribution in [2.45, 2.75) is 32.8 Å². The van der Waals surface area contributed by atoms with E-state index in [0.29, 0.717) is 0 Å². The molecule has 1 unspecified atom stereocenters. The summed E-state index contributed by atoms with van der Waals surface area (Å²) in [6.07, 6.45) is -2.53. The fourth-order valence-corrected chi connectivity index (χ4v) is 4.65. The number of para-hydroxylation sites is 2. The van der Waals surface area contributed by atoms with Gasteiger partial charge in [0.15, 0.2) is 0 Å². The standard InChI is InChI=1S/C23H27O10P/c1-17(2)31-23(27)30-16-29-22(26)18(13-14-21(24)25)15-34(28,32-19-9-5-3-6-10-19)33-20-11-7-4-8-12-20/h3-12,17-18H,13-16H2,1-2H3,(H,24,25). The summed E-state index contributed by atoms with van der Waals surface area (Å²) in [4.78, 5) is 35.2. The maximum atomic E-state index is 13.7. The molecular formula is C23H27O10P. The molecule has 0 aliphatic heterocycles. The van der Waals surface area contributed by atoms with Crippen molar-refractivity contribution in [3.05, 3.63) is 60.7 Å². The third-order valence-electron chi connectivity index (χ3n) is 4.17.